The molecule has 26 heavy (non-hydrogen) atoms. The van der Waals surface area contributed by atoms with E-state index in [4.69, 9.17) is 9.72 Å². The summed E-state index contributed by atoms with van der Waals surface area (Å²) in [5, 5.41) is 9.89. The van der Waals surface area contributed by atoms with Gasteiger partial charge in [0, 0.05) is 24.4 Å². The zero-order chi connectivity index (χ0) is 18.1. The monoisotopic (exact) mass is 494 g/mol. The van der Waals surface area contributed by atoms with Gasteiger partial charge in [0.1, 0.15) is 5.01 Å². The number of ether oxygens (including phenoxy) is 1. The number of nitrogens with zero attached hydrogens (tertiary/aromatic N) is 2. The molecule has 0 aromatic carbocycles. The summed E-state index contributed by atoms with van der Waals surface area (Å²) in [6.45, 7) is 8.78. The van der Waals surface area contributed by atoms with Crippen molar-refractivity contribution >= 4 is 41.3 Å². The Labute approximate surface area is 179 Å². The van der Waals surface area contributed by atoms with E-state index in [1.165, 1.54) is 38.5 Å². The molecule has 0 saturated heterocycles. The number of guanidine groups is 1. The summed E-state index contributed by atoms with van der Waals surface area (Å²) >= 11 is 1.70. The van der Waals surface area contributed by atoms with Crippen molar-refractivity contribution in [1.29, 1.82) is 0 Å². The van der Waals surface area contributed by atoms with Crippen LogP contribution >= 0.6 is 35.3 Å². The lowest BCUT2D eigenvalue weighted by Gasteiger charge is -2.16. The van der Waals surface area contributed by atoms with E-state index in [-0.39, 0.29) is 29.4 Å². The molecule has 1 aromatic heterocycles. The maximum atomic E-state index is 6.01. The van der Waals surface area contributed by atoms with Crippen molar-refractivity contribution in [2.75, 3.05) is 20.2 Å². The van der Waals surface area contributed by atoms with Crippen molar-refractivity contribution in [2.45, 2.75) is 77.4 Å². The summed E-state index contributed by atoms with van der Waals surface area (Å²) in [4.78, 5) is 8.98. The second kappa shape index (κ2) is 12.1. The summed E-state index contributed by atoms with van der Waals surface area (Å²) < 4.78 is 6.01. The topological polar surface area (TPSA) is 58.5 Å². The highest BCUT2D eigenvalue weighted by Crippen LogP contribution is 2.23. The normalized spacial score (nSPS) is 16.7. The van der Waals surface area contributed by atoms with E-state index < -0.39 is 0 Å². The Morgan fingerprint density at radius 3 is 2.50 bits per heavy atom. The quantitative estimate of drug-likeness (QED) is 0.202. The van der Waals surface area contributed by atoms with Crippen LogP contribution in [0.5, 0.6) is 0 Å². The van der Waals surface area contributed by atoms with Crippen LogP contribution in [0.15, 0.2) is 10.4 Å². The Morgan fingerprint density at radius 2 is 1.92 bits per heavy atom. The van der Waals surface area contributed by atoms with Gasteiger partial charge >= 0.3 is 0 Å². The molecule has 2 N–H and O–H groups in total. The van der Waals surface area contributed by atoms with Crippen LogP contribution in [0.1, 0.15) is 70.0 Å². The van der Waals surface area contributed by atoms with E-state index >= 15 is 0 Å². The number of halogens is 1. The van der Waals surface area contributed by atoms with Crippen LogP contribution in [0.25, 0.3) is 0 Å². The minimum Gasteiger partial charge on any atom is -0.376 e. The predicted octanol–water partition coefficient (Wildman–Crippen LogP) is 4.46. The number of rotatable bonds is 6. The van der Waals surface area contributed by atoms with Crippen LogP contribution in [0.2, 0.25) is 0 Å². The van der Waals surface area contributed by atoms with Gasteiger partial charge in [0.15, 0.2) is 5.96 Å². The average molecular weight is 494 g/mol. The van der Waals surface area contributed by atoms with Gasteiger partial charge in [-0.2, -0.15) is 0 Å². The van der Waals surface area contributed by atoms with Gasteiger partial charge in [-0.05, 0) is 12.8 Å². The fraction of sp³-hybridized carbons (Fsp3) is 0.789. The van der Waals surface area contributed by atoms with Crippen molar-refractivity contribution in [1.82, 2.24) is 15.6 Å². The maximum absolute atomic E-state index is 6.01. The Bertz CT molecular complexity index is 534. The van der Waals surface area contributed by atoms with E-state index in [2.05, 4.69) is 41.8 Å². The van der Waals surface area contributed by atoms with Crippen molar-refractivity contribution in [3.05, 3.63) is 16.1 Å². The number of hydrogen-bond donors (Lipinski definition) is 2. The Balaban J connectivity index is 0.00000338. The van der Waals surface area contributed by atoms with Crippen molar-refractivity contribution in [2.24, 2.45) is 4.99 Å². The molecule has 0 radical (unpaired) electrons. The van der Waals surface area contributed by atoms with Crippen molar-refractivity contribution < 1.29 is 4.74 Å². The molecule has 1 aliphatic rings. The van der Waals surface area contributed by atoms with Gasteiger partial charge in [-0.1, -0.05) is 46.5 Å². The molecular weight excluding hydrogens is 459 g/mol. The zero-order valence-electron chi connectivity index (χ0n) is 16.6. The maximum Gasteiger partial charge on any atom is 0.191 e. The van der Waals surface area contributed by atoms with Crippen LogP contribution in [-0.2, 0) is 16.7 Å². The van der Waals surface area contributed by atoms with Crippen LogP contribution in [0.3, 0.4) is 0 Å². The Hall–Kier alpha value is -0.410. The van der Waals surface area contributed by atoms with Gasteiger partial charge in [-0.25, -0.2) is 4.98 Å². The van der Waals surface area contributed by atoms with Crippen molar-refractivity contribution in [3.8, 4) is 0 Å². The minimum absolute atomic E-state index is 0. The molecule has 0 unspecified atom stereocenters. The highest BCUT2D eigenvalue weighted by molar-refractivity contribution is 14.0. The smallest absolute Gasteiger partial charge is 0.191 e. The molecule has 1 aliphatic carbocycles. The van der Waals surface area contributed by atoms with E-state index in [0.717, 1.165) is 29.8 Å². The highest BCUT2D eigenvalue weighted by atomic mass is 127. The van der Waals surface area contributed by atoms with Gasteiger partial charge in [0.05, 0.1) is 24.9 Å². The van der Waals surface area contributed by atoms with Crippen molar-refractivity contribution in [3.63, 3.8) is 0 Å². The molecule has 150 valence electrons. The molecule has 1 aromatic rings. The highest BCUT2D eigenvalue weighted by Gasteiger charge is 2.17. The van der Waals surface area contributed by atoms with Gasteiger partial charge in [0.2, 0.25) is 0 Å². The summed E-state index contributed by atoms with van der Waals surface area (Å²) in [5.74, 6) is 0.803. The lowest BCUT2D eigenvalue weighted by molar-refractivity contribution is 0.0468. The van der Waals surface area contributed by atoms with Gasteiger partial charge in [-0.3, -0.25) is 4.99 Å². The van der Waals surface area contributed by atoms with Crippen LogP contribution < -0.4 is 10.6 Å². The lowest BCUT2D eigenvalue weighted by atomic mass is 9.93. The Morgan fingerprint density at radius 1 is 1.23 bits per heavy atom. The fourth-order valence-electron chi connectivity index (χ4n) is 2.92. The largest absolute Gasteiger partial charge is 0.376 e. The Kier molecular flexibility index (Phi) is 11.0. The molecule has 0 bridgehead atoms. The second-order valence-electron chi connectivity index (χ2n) is 7.71. The standard InChI is InChI=1S/C19H34N4OS.HI/c1-19(2,3)16-14-25-17(23-16)13-22-18(20-4)21-11-12-24-15-9-7-5-6-8-10-15;/h14-15H,5-13H2,1-4H3,(H2,20,21,22);1H. The average Bonchev–Trinajstić information content (AvgIpc) is 2.91. The molecule has 5 nitrogen and oxygen atoms in total. The molecule has 0 aliphatic heterocycles. The van der Waals surface area contributed by atoms with Gasteiger partial charge < -0.3 is 15.4 Å². The van der Waals surface area contributed by atoms with Crippen LogP contribution in [-0.4, -0.2) is 37.2 Å². The number of aliphatic imine (C=N–C) groups is 1. The van der Waals surface area contributed by atoms with Gasteiger partial charge in [-0.15, -0.1) is 35.3 Å². The third kappa shape index (κ3) is 8.52. The number of thiazole rings is 1. The molecule has 0 spiro atoms. The number of hydrogen-bond acceptors (Lipinski definition) is 4. The van der Waals surface area contributed by atoms with Crippen LogP contribution in [0, 0.1) is 0 Å². The lowest BCUT2D eigenvalue weighted by Crippen LogP contribution is -2.39. The molecule has 1 saturated carbocycles. The zero-order valence-corrected chi connectivity index (χ0v) is 19.8. The van der Waals surface area contributed by atoms with E-state index in [9.17, 15) is 0 Å². The number of aromatic nitrogens is 1. The van der Waals surface area contributed by atoms with E-state index in [0.29, 0.717) is 12.6 Å². The van der Waals surface area contributed by atoms with E-state index in [1.54, 1.807) is 18.4 Å². The van der Waals surface area contributed by atoms with Gasteiger partial charge in [0.25, 0.3) is 0 Å². The first-order chi connectivity index (χ1) is 12.0. The summed E-state index contributed by atoms with van der Waals surface area (Å²) in [5.41, 5.74) is 1.25. The minimum atomic E-state index is 0. The number of nitrogens with one attached hydrogen (secondary N) is 2. The third-order valence-corrected chi connectivity index (χ3v) is 5.35. The molecule has 0 atom stereocenters. The summed E-state index contributed by atoms with van der Waals surface area (Å²) in [6, 6.07) is 0. The first-order valence-electron chi connectivity index (χ1n) is 9.50. The summed E-state index contributed by atoms with van der Waals surface area (Å²) in [6.07, 6.45) is 8.23. The van der Waals surface area contributed by atoms with E-state index in [1.807, 2.05) is 0 Å². The first-order valence-corrected chi connectivity index (χ1v) is 10.4. The summed E-state index contributed by atoms with van der Waals surface area (Å²) in [7, 11) is 1.80. The molecular formula is C19H35IN4OS. The molecule has 2 rings (SSSR count). The van der Waals surface area contributed by atoms with Crippen LogP contribution in [0.4, 0.5) is 0 Å². The third-order valence-electron chi connectivity index (χ3n) is 4.50. The fourth-order valence-corrected chi connectivity index (χ4v) is 3.88. The first kappa shape index (κ1) is 23.6. The molecule has 0 amide bonds. The molecule has 7 heteroatoms. The predicted molar refractivity (Wildman–Crippen MR) is 122 cm³/mol. The second-order valence-corrected chi connectivity index (χ2v) is 8.66. The molecule has 1 heterocycles. The molecule has 1 fully saturated rings. The SMILES string of the molecule is CN=C(NCCOC1CCCCCC1)NCc1nc(C(C)(C)C)cs1.I.